The zero-order valence-corrected chi connectivity index (χ0v) is 10.4. The topological polar surface area (TPSA) is 12.0 Å². The van der Waals surface area contributed by atoms with Crippen LogP contribution in [0.3, 0.4) is 0 Å². The van der Waals surface area contributed by atoms with Crippen LogP contribution in [-0.4, -0.2) is 23.1 Å². The van der Waals surface area contributed by atoms with Gasteiger partial charge in [0.05, 0.1) is 0 Å². The largest absolute Gasteiger partial charge is 0.312 e. The maximum atomic E-state index is 3.71. The van der Waals surface area contributed by atoms with Gasteiger partial charge in [-0.05, 0) is 31.1 Å². The Hall–Kier alpha value is 0.310. The molecule has 14 heavy (non-hydrogen) atoms. The van der Waals surface area contributed by atoms with E-state index in [0.29, 0.717) is 0 Å². The second kappa shape index (κ2) is 4.44. The highest BCUT2D eigenvalue weighted by molar-refractivity contribution is 8.00. The highest BCUT2D eigenvalue weighted by atomic mass is 32.2. The van der Waals surface area contributed by atoms with Crippen LogP contribution in [-0.2, 0) is 0 Å². The van der Waals surface area contributed by atoms with Gasteiger partial charge < -0.3 is 5.32 Å². The molecule has 2 aliphatic rings. The summed E-state index contributed by atoms with van der Waals surface area (Å²) in [5.41, 5.74) is 0. The monoisotopic (exact) mass is 213 g/mol. The Labute approximate surface area is 92.4 Å². The van der Waals surface area contributed by atoms with Crippen molar-refractivity contribution in [1.82, 2.24) is 5.32 Å². The summed E-state index contributed by atoms with van der Waals surface area (Å²) in [6.45, 7) is 8.34. The van der Waals surface area contributed by atoms with Gasteiger partial charge in [0.15, 0.2) is 0 Å². The van der Waals surface area contributed by atoms with E-state index in [2.05, 4.69) is 37.8 Å². The number of fused-ring (bicyclic) bond motifs is 1. The fourth-order valence-electron chi connectivity index (χ4n) is 2.81. The van der Waals surface area contributed by atoms with Gasteiger partial charge in [-0.3, -0.25) is 0 Å². The Morgan fingerprint density at radius 3 is 2.79 bits per heavy atom. The smallest absolute Gasteiger partial charge is 0.0207 e. The summed E-state index contributed by atoms with van der Waals surface area (Å²) in [4.78, 5) is 0. The van der Waals surface area contributed by atoms with Crippen molar-refractivity contribution in [3.05, 3.63) is 0 Å². The van der Waals surface area contributed by atoms with Crippen molar-refractivity contribution in [2.24, 2.45) is 11.8 Å². The third-order valence-corrected chi connectivity index (χ3v) is 5.35. The summed E-state index contributed by atoms with van der Waals surface area (Å²) in [6.07, 6.45) is 4.30. The van der Waals surface area contributed by atoms with E-state index in [1.54, 1.807) is 0 Å². The number of nitrogens with one attached hydrogen (secondary N) is 1. The minimum atomic E-state index is 0.821. The number of thioether (sulfide) groups is 1. The van der Waals surface area contributed by atoms with Crippen LogP contribution >= 0.6 is 11.8 Å². The van der Waals surface area contributed by atoms with Crippen LogP contribution < -0.4 is 5.32 Å². The molecule has 1 heterocycles. The van der Waals surface area contributed by atoms with Crippen LogP contribution in [0.5, 0.6) is 0 Å². The van der Waals surface area contributed by atoms with Gasteiger partial charge in [0.25, 0.3) is 0 Å². The molecule has 82 valence electrons. The molecule has 1 aliphatic carbocycles. The molecule has 1 saturated heterocycles. The molecule has 2 fully saturated rings. The van der Waals surface area contributed by atoms with Crippen molar-refractivity contribution in [2.45, 2.75) is 56.6 Å². The molecule has 2 heteroatoms. The van der Waals surface area contributed by atoms with E-state index in [0.717, 1.165) is 28.4 Å². The standard InChI is InChI=1S/C12H23NS/c1-8(2)10-4-5-11-12(6-10)14-9(3)7-13-11/h8-13H,4-7H2,1-3H3. The van der Waals surface area contributed by atoms with Gasteiger partial charge >= 0.3 is 0 Å². The normalized spacial score (nSPS) is 43.7. The molecule has 1 saturated carbocycles. The zero-order valence-electron chi connectivity index (χ0n) is 9.62. The summed E-state index contributed by atoms with van der Waals surface area (Å²) in [6, 6.07) is 0.825. The second-order valence-electron chi connectivity index (χ2n) is 5.32. The molecule has 0 aromatic heterocycles. The Balaban J connectivity index is 1.93. The molecule has 0 amide bonds. The van der Waals surface area contributed by atoms with Gasteiger partial charge in [-0.2, -0.15) is 11.8 Å². The predicted molar refractivity (Wildman–Crippen MR) is 64.8 cm³/mol. The van der Waals surface area contributed by atoms with E-state index >= 15 is 0 Å². The lowest BCUT2D eigenvalue weighted by Crippen LogP contribution is -2.50. The maximum Gasteiger partial charge on any atom is 0.0207 e. The van der Waals surface area contributed by atoms with Crippen molar-refractivity contribution in [1.29, 1.82) is 0 Å². The van der Waals surface area contributed by atoms with Crippen molar-refractivity contribution < 1.29 is 0 Å². The molecule has 2 rings (SSSR count). The molecule has 4 unspecified atom stereocenters. The second-order valence-corrected chi connectivity index (χ2v) is 7.00. The Morgan fingerprint density at radius 2 is 2.07 bits per heavy atom. The van der Waals surface area contributed by atoms with E-state index in [1.165, 1.54) is 25.8 Å². The molecule has 4 atom stereocenters. The number of hydrogen-bond acceptors (Lipinski definition) is 2. The first-order chi connectivity index (χ1) is 6.66. The van der Waals surface area contributed by atoms with Crippen LogP contribution in [0.4, 0.5) is 0 Å². The van der Waals surface area contributed by atoms with Crippen LogP contribution in [0, 0.1) is 11.8 Å². The molecule has 0 bridgehead atoms. The zero-order chi connectivity index (χ0) is 10.1. The van der Waals surface area contributed by atoms with Gasteiger partial charge in [0, 0.05) is 23.1 Å². The summed E-state index contributed by atoms with van der Waals surface area (Å²) in [5.74, 6) is 1.87. The van der Waals surface area contributed by atoms with Crippen molar-refractivity contribution in [3.8, 4) is 0 Å². The molecule has 1 N–H and O–H groups in total. The molecular formula is C12H23NS. The van der Waals surface area contributed by atoms with Crippen molar-refractivity contribution in [3.63, 3.8) is 0 Å². The Bertz CT molecular complexity index is 193. The summed E-state index contributed by atoms with van der Waals surface area (Å²) in [5, 5.41) is 5.43. The predicted octanol–water partition coefficient (Wildman–Crippen LogP) is 2.90. The molecule has 1 aliphatic heterocycles. The molecule has 0 radical (unpaired) electrons. The van der Waals surface area contributed by atoms with Gasteiger partial charge in [-0.15, -0.1) is 0 Å². The molecule has 0 aromatic carbocycles. The van der Waals surface area contributed by atoms with Gasteiger partial charge in [-0.25, -0.2) is 0 Å². The van der Waals surface area contributed by atoms with E-state index in [-0.39, 0.29) is 0 Å². The first-order valence-corrected chi connectivity index (χ1v) is 7.00. The number of hydrogen-bond donors (Lipinski definition) is 1. The minimum absolute atomic E-state index is 0.821. The van der Waals surface area contributed by atoms with E-state index in [1.807, 2.05) is 0 Å². The van der Waals surface area contributed by atoms with Crippen molar-refractivity contribution in [2.75, 3.05) is 6.54 Å². The lowest BCUT2D eigenvalue weighted by Gasteiger charge is -2.42. The third kappa shape index (κ3) is 2.27. The summed E-state index contributed by atoms with van der Waals surface area (Å²) in [7, 11) is 0. The average Bonchev–Trinajstić information content (AvgIpc) is 2.16. The molecule has 0 spiro atoms. The van der Waals surface area contributed by atoms with E-state index < -0.39 is 0 Å². The van der Waals surface area contributed by atoms with Crippen LogP contribution in [0.15, 0.2) is 0 Å². The Morgan fingerprint density at radius 1 is 1.29 bits per heavy atom. The SMILES string of the molecule is CC1CNC2CCC(C(C)C)CC2S1. The lowest BCUT2D eigenvalue weighted by molar-refractivity contribution is 0.241. The fraction of sp³-hybridized carbons (Fsp3) is 1.00. The fourth-order valence-corrected chi connectivity index (χ4v) is 4.38. The van der Waals surface area contributed by atoms with Gasteiger partial charge in [0.2, 0.25) is 0 Å². The molecule has 1 nitrogen and oxygen atoms in total. The van der Waals surface area contributed by atoms with Gasteiger partial charge in [0.1, 0.15) is 0 Å². The van der Waals surface area contributed by atoms with Gasteiger partial charge in [-0.1, -0.05) is 20.8 Å². The van der Waals surface area contributed by atoms with E-state index in [9.17, 15) is 0 Å². The first kappa shape index (κ1) is 10.8. The molecular weight excluding hydrogens is 190 g/mol. The van der Waals surface area contributed by atoms with Crippen LogP contribution in [0.25, 0.3) is 0 Å². The lowest BCUT2D eigenvalue weighted by atomic mass is 9.79. The highest BCUT2D eigenvalue weighted by Crippen LogP contribution is 2.39. The maximum absolute atomic E-state index is 3.71. The highest BCUT2D eigenvalue weighted by Gasteiger charge is 2.35. The van der Waals surface area contributed by atoms with Crippen molar-refractivity contribution >= 4 is 11.8 Å². The summed E-state index contributed by atoms with van der Waals surface area (Å²) < 4.78 is 0. The summed E-state index contributed by atoms with van der Waals surface area (Å²) >= 11 is 2.23. The van der Waals surface area contributed by atoms with E-state index in [4.69, 9.17) is 0 Å². The first-order valence-electron chi connectivity index (χ1n) is 6.05. The third-order valence-electron chi connectivity index (χ3n) is 3.85. The average molecular weight is 213 g/mol. The quantitative estimate of drug-likeness (QED) is 0.719. The molecule has 0 aromatic rings. The minimum Gasteiger partial charge on any atom is -0.312 e. The van der Waals surface area contributed by atoms with Crippen LogP contribution in [0.2, 0.25) is 0 Å². The van der Waals surface area contributed by atoms with Crippen LogP contribution in [0.1, 0.15) is 40.0 Å². The number of rotatable bonds is 1. The Kier molecular flexibility index (Phi) is 3.43.